The number of hydrogen-bond acceptors (Lipinski definition) is 5. The summed E-state index contributed by atoms with van der Waals surface area (Å²) in [6, 6.07) is 13.2. The maximum atomic E-state index is 13.0. The summed E-state index contributed by atoms with van der Waals surface area (Å²) in [5, 5.41) is 7.48. The molecule has 154 valence electrons. The molecule has 30 heavy (non-hydrogen) atoms. The number of rotatable bonds is 5. The van der Waals surface area contributed by atoms with Gasteiger partial charge in [0.25, 0.3) is 11.8 Å². The first-order valence-corrected chi connectivity index (χ1v) is 10.6. The number of furan rings is 1. The van der Waals surface area contributed by atoms with Crippen molar-refractivity contribution in [2.45, 2.75) is 25.3 Å². The van der Waals surface area contributed by atoms with Crippen LogP contribution in [-0.2, 0) is 4.79 Å². The van der Waals surface area contributed by atoms with Gasteiger partial charge in [-0.2, -0.15) is 0 Å². The SMILES string of the molecule is O=C(Nc1cccc(NC(=O)C2CCCCN2C(=O)c2cccs2)c1)c1ccco1. The molecule has 0 radical (unpaired) electrons. The third-order valence-corrected chi connectivity index (χ3v) is 5.79. The van der Waals surface area contributed by atoms with Crippen LogP contribution in [0.25, 0.3) is 0 Å². The van der Waals surface area contributed by atoms with Crippen molar-refractivity contribution in [1.82, 2.24) is 4.90 Å². The van der Waals surface area contributed by atoms with Gasteiger partial charge in [-0.25, -0.2) is 0 Å². The van der Waals surface area contributed by atoms with Crippen LogP contribution in [0.3, 0.4) is 0 Å². The molecule has 1 saturated heterocycles. The zero-order valence-corrected chi connectivity index (χ0v) is 17.0. The van der Waals surface area contributed by atoms with E-state index in [4.69, 9.17) is 4.42 Å². The largest absolute Gasteiger partial charge is 0.459 e. The van der Waals surface area contributed by atoms with Crippen LogP contribution in [0.15, 0.2) is 64.6 Å². The lowest BCUT2D eigenvalue weighted by Gasteiger charge is -2.34. The first-order valence-electron chi connectivity index (χ1n) is 9.72. The Morgan fingerprint density at radius 1 is 1.00 bits per heavy atom. The van der Waals surface area contributed by atoms with Gasteiger partial charge in [-0.3, -0.25) is 14.4 Å². The molecular weight excluding hydrogens is 402 g/mol. The Balaban J connectivity index is 1.44. The molecule has 0 bridgehead atoms. The van der Waals surface area contributed by atoms with Crippen molar-refractivity contribution in [2.24, 2.45) is 0 Å². The van der Waals surface area contributed by atoms with Crippen molar-refractivity contribution >= 4 is 40.4 Å². The molecule has 2 aromatic heterocycles. The van der Waals surface area contributed by atoms with Crippen LogP contribution in [-0.4, -0.2) is 35.2 Å². The number of nitrogens with zero attached hydrogens (tertiary/aromatic N) is 1. The highest BCUT2D eigenvalue weighted by molar-refractivity contribution is 7.12. The summed E-state index contributed by atoms with van der Waals surface area (Å²) in [7, 11) is 0. The van der Waals surface area contributed by atoms with Gasteiger partial charge in [0.15, 0.2) is 5.76 Å². The van der Waals surface area contributed by atoms with Crippen LogP contribution in [0.5, 0.6) is 0 Å². The van der Waals surface area contributed by atoms with E-state index in [9.17, 15) is 14.4 Å². The van der Waals surface area contributed by atoms with Gasteiger partial charge in [-0.1, -0.05) is 12.1 Å². The van der Waals surface area contributed by atoms with E-state index in [1.807, 2.05) is 11.4 Å². The van der Waals surface area contributed by atoms with Crippen LogP contribution in [0.1, 0.15) is 39.5 Å². The maximum Gasteiger partial charge on any atom is 0.291 e. The normalized spacial score (nSPS) is 16.1. The van der Waals surface area contributed by atoms with Crippen molar-refractivity contribution in [2.75, 3.05) is 17.2 Å². The number of piperidine rings is 1. The van der Waals surface area contributed by atoms with Crippen molar-refractivity contribution < 1.29 is 18.8 Å². The van der Waals surface area contributed by atoms with Crippen LogP contribution >= 0.6 is 11.3 Å². The van der Waals surface area contributed by atoms with Crippen LogP contribution in [0, 0.1) is 0 Å². The Labute approximate surface area is 177 Å². The van der Waals surface area contributed by atoms with Gasteiger partial charge >= 0.3 is 0 Å². The van der Waals surface area contributed by atoms with Crippen LogP contribution in [0.2, 0.25) is 0 Å². The summed E-state index contributed by atoms with van der Waals surface area (Å²) in [6.45, 7) is 0.564. The number of nitrogens with one attached hydrogen (secondary N) is 2. The molecule has 1 unspecified atom stereocenters. The smallest absolute Gasteiger partial charge is 0.291 e. The second-order valence-electron chi connectivity index (χ2n) is 6.99. The predicted molar refractivity (Wildman–Crippen MR) is 115 cm³/mol. The molecule has 4 rings (SSSR count). The minimum Gasteiger partial charge on any atom is -0.459 e. The number of benzene rings is 1. The van der Waals surface area contributed by atoms with Crippen LogP contribution < -0.4 is 10.6 Å². The lowest BCUT2D eigenvalue weighted by molar-refractivity contribution is -0.121. The lowest BCUT2D eigenvalue weighted by Crippen LogP contribution is -2.49. The third kappa shape index (κ3) is 4.44. The summed E-state index contributed by atoms with van der Waals surface area (Å²) in [5.74, 6) is -0.503. The highest BCUT2D eigenvalue weighted by atomic mass is 32.1. The number of amides is 3. The summed E-state index contributed by atoms with van der Waals surface area (Å²) in [5.41, 5.74) is 1.08. The van der Waals surface area contributed by atoms with Gasteiger partial charge in [0.2, 0.25) is 5.91 Å². The fourth-order valence-electron chi connectivity index (χ4n) is 3.49. The Morgan fingerprint density at radius 3 is 2.57 bits per heavy atom. The number of hydrogen-bond donors (Lipinski definition) is 2. The van der Waals surface area contributed by atoms with E-state index in [-0.39, 0.29) is 23.5 Å². The first-order chi connectivity index (χ1) is 14.6. The highest BCUT2D eigenvalue weighted by Gasteiger charge is 2.33. The molecular formula is C22H21N3O4S. The number of carbonyl (C=O) groups excluding carboxylic acids is 3. The minimum atomic E-state index is -0.519. The average Bonchev–Trinajstić information content (AvgIpc) is 3.48. The summed E-state index contributed by atoms with van der Waals surface area (Å²) in [6.07, 6.45) is 3.83. The molecule has 0 aliphatic carbocycles. The van der Waals surface area contributed by atoms with Crippen molar-refractivity contribution in [3.8, 4) is 0 Å². The Kier molecular flexibility index (Phi) is 5.94. The fourth-order valence-corrected chi connectivity index (χ4v) is 4.17. The van der Waals surface area contributed by atoms with E-state index < -0.39 is 6.04 Å². The van der Waals surface area contributed by atoms with E-state index in [0.29, 0.717) is 29.2 Å². The molecule has 1 aliphatic heterocycles. The summed E-state index contributed by atoms with van der Waals surface area (Å²) >= 11 is 1.38. The Bertz CT molecular complexity index is 1030. The van der Waals surface area contributed by atoms with Gasteiger partial charge in [0.05, 0.1) is 11.1 Å². The van der Waals surface area contributed by atoms with Gasteiger partial charge in [0.1, 0.15) is 6.04 Å². The maximum absolute atomic E-state index is 13.0. The predicted octanol–water partition coefficient (Wildman–Crippen LogP) is 4.23. The second-order valence-corrected chi connectivity index (χ2v) is 7.94. The summed E-state index contributed by atoms with van der Waals surface area (Å²) < 4.78 is 5.09. The molecule has 0 saturated carbocycles. The number of anilines is 2. The van der Waals surface area contributed by atoms with E-state index in [0.717, 1.165) is 12.8 Å². The highest BCUT2D eigenvalue weighted by Crippen LogP contribution is 2.24. The molecule has 8 heteroatoms. The zero-order valence-electron chi connectivity index (χ0n) is 16.2. The summed E-state index contributed by atoms with van der Waals surface area (Å²) in [4.78, 5) is 40.2. The average molecular weight is 423 g/mol. The molecule has 2 N–H and O–H groups in total. The standard InChI is InChI=1S/C22H21N3O4S/c26-20(17-8-1-2-11-25(17)22(28)19-10-5-13-30-19)23-15-6-3-7-16(14-15)24-21(27)18-9-4-12-29-18/h3-7,9-10,12-14,17H,1-2,8,11H2,(H,23,26)(H,24,27). The lowest BCUT2D eigenvalue weighted by atomic mass is 10.0. The third-order valence-electron chi connectivity index (χ3n) is 4.93. The molecule has 3 aromatic rings. The van der Waals surface area contributed by atoms with E-state index in [1.54, 1.807) is 47.4 Å². The van der Waals surface area contributed by atoms with Gasteiger partial charge in [-0.15, -0.1) is 11.3 Å². The Morgan fingerprint density at radius 2 is 1.83 bits per heavy atom. The van der Waals surface area contributed by atoms with Crippen LogP contribution in [0.4, 0.5) is 11.4 Å². The van der Waals surface area contributed by atoms with Crippen molar-refractivity contribution in [3.63, 3.8) is 0 Å². The van der Waals surface area contributed by atoms with Gasteiger partial charge < -0.3 is 20.0 Å². The van der Waals surface area contributed by atoms with E-state index in [2.05, 4.69) is 10.6 Å². The van der Waals surface area contributed by atoms with E-state index in [1.165, 1.54) is 17.6 Å². The first kappa shape index (κ1) is 19.9. The number of thiophene rings is 1. The van der Waals surface area contributed by atoms with Crippen molar-refractivity contribution in [1.29, 1.82) is 0 Å². The number of likely N-dealkylation sites (tertiary alicyclic amines) is 1. The molecule has 3 heterocycles. The molecule has 7 nitrogen and oxygen atoms in total. The molecule has 1 aliphatic rings. The quantitative estimate of drug-likeness (QED) is 0.643. The Hall–Kier alpha value is -3.39. The monoisotopic (exact) mass is 423 g/mol. The van der Waals surface area contributed by atoms with Crippen molar-refractivity contribution in [3.05, 3.63) is 70.8 Å². The molecule has 1 aromatic carbocycles. The van der Waals surface area contributed by atoms with E-state index >= 15 is 0 Å². The second kappa shape index (κ2) is 8.96. The number of carbonyl (C=O) groups is 3. The fraction of sp³-hybridized carbons (Fsp3) is 0.227. The van der Waals surface area contributed by atoms with Gasteiger partial charge in [-0.05, 0) is 61.0 Å². The molecule has 1 fully saturated rings. The zero-order chi connectivity index (χ0) is 20.9. The minimum absolute atomic E-state index is 0.107. The topological polar surface area (TPSA) is 91.7 Å². The molecule has 1 atom stereocenters. The van der Waals surface area contributed by atoms with Gasteiger partial charge in [0, 0.05) is 17.9 Å². The molecule has 0 spiro atoms. The molecule has 3 amide bonds.